The summed E-state index contributed by atoms with van der Waals surface area (Å²) < 4.78 is 15.4. The van der Waals surface area contributed by atoms with Crippen LogP contribution in [0.5, 0.6) is 0 Å². The van der Waals surface area contributed by atoms with Crippen LogP contribution in [0.15, 0.2) is 23.7 Å². The van der Waals surface area contributed by atoms with Crippen molar-refractivity contribution in [1.82, 2.24) is 0 Å². The minimum atomic E-state index is -0.186. The van der Waals surface area contributed by atoms with E-state index in [1.807, 2.05) is 0 Å². The molecule has 3 aliphatic rings. The van der Waals surface area contributed by atoms with Gasteiger partial charge in [-0.25, -0.2) is 0 Å². The molecular formula is C14H16O5. The average molecular weight is 264 g/mol. The lowest BCUT2D eigenvalue weighted by atomic mass is 10.2. The van der Waals surface area contributed by atoms with E-state index < -0.39 is 0 Å². The van der Waals surface area contributed by atoms with Gasteiger partial charge in [0.1, 0.15) is 12.5 Å². The molecule has 2 saturated carbocycles. The van der Waals surface area contributed by atoms with Crippen LogP contribution in [0, 0.1) is 11.8 Å². The van der Waals surface area contributed by atoms with E-state index in [2.05, 4.69) is 0 Å². The standard InChI is InChI=1S/C14H16O5/c15-13(9-1-2-9)18-7-11-5-17-6-12(11)8-19-14(16)10-3-4-10/h7-10H,1-6H2. The molecule has 1 saturated heterocycles. The number of ether oxygens (including phenoxy) is 3. The average Bonchev–Trinajstić information content (AvgIpc) is 3.29. The third-order valence-corrected chi connectivity index (χ3v) is 3.38. The van der Waals surface area contributed by atoms with Gasteiger partial charge < -0.3 is 14.2 Å². The van der Waals surface area contributed by atoms with Gasteiger partial charge in [0, 0.05) is 11.1 Å². The molecule has 3 rings (SSSR count). The lowest BCUT2D eigenvalue weighted by molar-refractivity contribution is -0.140. The van der Waals surface area contributed by atoms with Gasteiger partial charge in [-0.05, 0) is 25.7 Å². The first-order valence-corrected chi connectivity index (χ1v) is 6.61. The Bertz CT molecular complexity index is 412. The van der Waals surface area contributed by atoms with Gasteiger partial charge in [0.05, 0.1) is 25.0 Å². The van der Waals surface area contributed by atoms with Crippen LogP contribution in [0.1, 0.15) is 25.7 Å². The summed E-state index contributed by atoms with van der Waals surface area (Å²) in [6.07, 6.45) is 6.51. The predicted octanol–water partition coefficient (Wildman–Crippen LogP) is 1.69. The summed E-state index contributed by atoms with van der Waals surface area (Å²) in [6.45, 7) is 0.759. The Morgan fingerprint density at radius 2 is 1.32 bits per heavy atom. The fourth-order valence-corrected chi connectivity index (χ4v) is 1.76. The Hall–Kier alpha value is -1.62. The molecule has 1 aliphatic heterocycles. The number of carbonyl (C=O) groups is 2. The number of esters is 2. The van der Waals surface area contributed by atoms with Crippen molar-refractivity contribution in [1.29, 1.82) is 0 Å². The summed E-state index contributed by atoms with van der Waals surface area (Å²) in [5.74, 6) is -0.235. The summed E-state index contributed by atoms with van der Waals surface area (Å²) in [7, 11) is 0. The first-order chi connectivity index (χ1) is 9.24. The Morgan fingerprint density at radius 1 is 0.895 bits per heavy atom. The highest BCUT2D eigenvalue weighted by Crippen LogP contribution is 2.31. The van der Waals surface area contributed by atoms with Crippen molar-refractivity contribution in [2.24, 2.45) is 11.8 Å². The lowest BCUT2D eigenvalue weighted by Gasteiger charge is -2.01. The van der Waals surface area contributed by atoms with Crippen molar-refractivity contribution in [2.75, 3.05) is 13.2 Å². The van der Waals surface area contributed by atoms with Crippen molar-refractivity contribution in [2.45, 2.75) is 25.7 Å². The zero-order valence-corrected chi connectivity index (χ0v) is 10.6. The van der Waals surface area contributed by atoms with Crippen LogP contribution < -0.4 is 0 Å². The van der Waals surface area contributed by atoms with E-state index >= 15 is 0 Å². The minimum Gasteiger partial charge on any atom is -0.434 e. The molecule has 0 radical (unpaired) electrons. The van der Waals surface area contributed by atoms with Gasteiger partial charge in [-0.1, -0.05) is 0 Å². The van der Waals surface area contributed by atoms with Crippen LogP contribution in [-0.2, 0) is 23.8 Å². The second-order valence-electron chi connectivity index (χ2n) is 5.20. The maximum Gasteiger partial charge on any atom is 0.313 e. The number of rotatable bonds is 4. The highest BCUT2D eigenvalue weighted by atomic mass is 16.5. The molecule has 0 bridgehead atoms. The fourth-order valence-electron chi connectivity index (χ4n) is 1.76. The van der Waals surface area contributed by atoms with Gasteiger partial charge >= 0.3 is 11.9 Å². The van der Waals surface area contributed by atoms with Crippen molar-refractivity contribution in [3.8, 4) is 0 Å². The maximum atomic E-state index is 11.4. The molecule has 0 N–H and O–H groups in total. The molecule has 0 amide bonds. The molecule has 3 fully saturated rings. The normalized spacial score (nSPS) is 26.7. The zero-order chi connectivity index (χ0) is 13.2. The predicted molar refractivity (Wildman–Crippen MR) is 64.6 cm³/mol. The SMILES string of the molecule is O=C(OC=C1COCC1=COC(=O)C1CC1)C1CC1. The lowest BCUT2D eigenvalue weighted by Crippen LogP contribution is -2.04. The summed E-state index contributed by atoms with van der Waals surface area (Å²) in [5, 5.41) is 0. The number of hydrogen-bond donors (Lipinski definition) is 0. The summed E-state index contributed by atoms with van der Waals surface area (Å²) in [6, 6.07) is 0. The molecule has 0 aromatic rings. The molecule has 0 unspecified atom stereocenters. The van der Waals surface area contributed by atoms with E-state index in [1.165, 1.54) is 12.5 Å². The monoisotopic (exact) mass is 264 g/mol. The summed E-state index contributed by atoms with van der Waals surface area (Å²) in [4.78, 5) is 22.8. The molecule has 0 spiro atoms. The highest BCUT2D eigenvalue weighted by Gasteiger charge is 2.32. The van der Waals surface area contributed by atoms with Crippen LogP contribution in [0.4, 0.5) is 0 Å². The van der Waals surface area contributed by atoms with Crippen LogP contribution in [0.3, 0.4) is 0 Å². The van der Waals surface area contributed by atoms with Gasteiger partial charge in [-0.2, -0.15) is 0 Å². The van der Waals surface area contributed by atoms with Crippen molar-refractivity contribution >= 4 is 11.9 Å². The molecule has 0 aromatic heterocycles. The van der Waals surface area contributed by atoms with Gasteiger partial charge in [-0.15, -0.1) is 0 Å². The Kier molecular flexibility index (Phi) is 3.38. The molecule has 5 nitrogen and oxygen atoms in total. The summed E-state index contributed by atoms with van der Waals surface area (Å²) >= 11 is 0. The Balaban J connectivity index is 1.56. The summed E-state index contributed by atoms with van der Waals surface area (Å²) in [5.41, 5.74) is 1.52. The third kappa shape index (κ3) is 3.23. The molecule has 0 aromatic carbocycles. The molecule has 2 aliphatic carbocycles. The van der Waals surface area contributed by atoms with Crippen LogP contribution in [0.2, 0.25) is 0 Å². The molecule has 5 heteroatoms. The van der Waals surface area contributed by atoms with Crippen LogP contribution in [-0.4, -0.2) is 25.2 Å². The zero-order valence-electron chi connectivity index (χ0n) is 10.6. The largest absolute Gasteiger partial charge is 0.434 e. The second kappa shape index (κ2) is 5.17. The van der Waals surface area contributed by atoms with Crippen LogP contribution >= 0.6 is 0 Å². The topological polar surface area (TPSA) is 61.8 Å². The molecule has 19 heavy (non-hydrogen) atoms. The van der Waals surface area contributed by atoms with E-state index in [0.29, 0.717) is 13.2 Å². The van der Waals surface area contributed by atoms with Crippen molar-refractivity contribution in [3.63, 3.8) is 0 Å². The van der Waals surface area contributed by atoms with E-state index in [-0.39, 0.29) is 23.8 Å². The van der Waals surface area contributed by atoms with Gasteiger partial charge in [0.25, 0.3) is 0 Å². The smallest absolute Gasteiger partial charge is 0.313 e. The van der Waals surface area contributed by atoms with Gasteiger partial charge in [-0.3, -0.25) is 9.59 Å². The van der Waals surface area contributed by atoms with Crippen LogP contribution in [0.25, 0.3) is 0 Å². The van der Waals surface area contributed by atoms with Crippen molar-refractivity contribution < 1.29 is 23.8 Å². The van der Waals surface area contributed by atoms with E-state index in [1.54, 1.807) is 0 Å². The van der Waals surface area contributed by atoms with E-state index in [4.69, 9.17) is 14.2 Å². The molecule has 102 valence electrons. The second-order valence-corrected chi connectivity index (χ2v) is 5.20. The molecular weight excluding hydrogens is 248 g/mol. The quantitative estimate of drug-likeness (QED) is 0.571. The molecule has 1 heterocycles. The number of hydrogen-bond acceptors (Lipinski definition) is 5. The third-order valence-electron chi connectivity index (χ3n) is 3.38. The van der Waals surface area contributed by atoms with E-state index in [9.17, 15) is 9.59 Å². The Labute approximate surface area is 111 Å². The maximum absolute atomic E-state index is 11.4. The first kappa shape index (κ1) is 12.4. The Morgan fingerprint density at radius 3 is 1.68 bits per heavy atom. The minimum absolute atomic E-state index is 0.0688. The molecule has 0 atom stereocenters. The number of carbonyl (C=O) groups excluding carboxylic acids is 2. The first-order valence-electron chi connectivity index (χ1n) is 6.61. The fraction of sp³-hybridized carbons (Fsp3) is 0.571. The van der Waals surface area contributed by atoms with Crippen molar-refractivity contribution in [3.05, 3.63) is 23.7 Å². The van der Waals surface area contributed by atoms with E-state index in [0.717, 1.165) is 36.8 Å². The van der Waals surface area contributed by atoms with Gasteiger partial charge in [0.2, 0.25) is 0 Å². The van der Waals surface area contributed by atoms with Gasteiger partial charge in [0.15, 0.2) is 0 Å². The highest BCUT2D eigenvalue weighted by molar-refractivity contribution is 5.76.